The molecule has 3 rings (SSSR count). The van der Waals surface area contributed by atoms with Gasteiger partial charge in [-0.3, -0.25) is 4.79 Å². The largest absolute Gasteiger partial charge is 0.382 e. The van der Waals surface area contributed by atoms with E-state index in [0.717, 1.165) is 18.5 Å². The van der Waals surface area contributed by atoms with Gasteiger partial charge in [-0.25, -0.2) is 4.98 Å². The molecule has 0 bridgehead atoms. The average Bonchev–Trinajstić information content (AvgIpc) is 3.23. The Balaban J connectivity index is 1.44. The molecule has 0 aliphatic carbocycles. The van der Waals surface area contributed by atoms with E-state index in [1.807, 2.05) is 29.0 Å². The van der Waals surface area contributed by atoms with E-state index in [4.69, 9.17) is 16.4 Å². The third kappa shape index (κ3) is 3.90. The maximum atomic E-state index is 12.1. The van der Waals surface area contributed by atoms with Gasteiger partial charge in [-0.1, -0.05) is 35.0 Å². The summed E-state index contributed by atoms with van der Waals surface area (Å²) in [6.45, 7) is 1.39. The van der Waals surface area contributed by atoms with Crippen LogP contribution in [-0.4, -0.2) is 33.8 Å². The average molecular weight is 333 g/mol. The van der Waals surface area contributed by atoms with Crippen molar-refractivity contribution in [1.82, 2.24) is 14.9 Å². The predicted molar refractivity (Wildman–Crippen MR) is 87.3 cm³/mol. The van der Waals surface area contributed by atoms with Gasteiger partial charge in [0.1, 0.15) is 0 Å². The summed E-state index contributed by atoms with van der Waals surface area (Å²) in [4.78, 5) is 21.3. The Morgan fingerprint density at radius 3 is 3.09 bits per heavy atom. The number of oxime groups is 1. The Hall–Kier alpha value is -2.34. The number of aryl methyl sites for hydroxylation is 1. The summed E-state index contributed by atoms with van der Waals surface area (Å²) < 4.78 is 1.97. The smallest absolute Gasteiger partial charge is 0.264 e. The van der Waals surface area contributed by atoms with Gasteiger partial charge in [0.05, 0.1) is 12.0 Å². The van der Waals surface area contributed by atoms with E-state index >= 15 is 0 Å². The van der Waals surface area contributed by atoms with Crippen molar-refractivity contribution >= 4 is 23.2 Å². The molecule has 1 aromatic carbocycles. The molecule has 2 aromatic rings. The number of halogens is 1. The molecule has 6 nitrogen and oxygen atoms in total. The summed E-state index contributed by atoms with van der Waals surface area (Å²) in [6, 6.07) is 7.40. The molecular weight excluding hydrogens is 316 g/mol. The zero-order valence-corrected chi connectivity index (χ0v) is 13.2. The van der Waals surface area contributed by atoms with E-state index in [0.29, 0.717) is 23.7 Å². The number of nitrogens with one attached hydrogen (secondary N) is 1. The van der Waals surface area contributed by atoms with E-state index in [1.165, 1.54) is 0 Å². The number of carbonyl (C=O) groups excluding carboxylic acids is 1. The van der Waals surface area contributed by atoms with Crippen LogP contribution in [0.2, 0.25) is 5.02 Å². The fourth-order valence-corrected chi connectivity index (χ4v) is 2.62. The molecule has 1 aromatic heterocycles. The van der Waals surface area contributed by atoms with Gasteiger partial charge in [0.15, 0.2) is 0 Å². The highest BCUT2D eigenvalue weighted by Crippen LogP contribution is 2.22. The van der Waals surface area contributed by atoms with Gasteiger partial charge < -0.3 is 14.7 Å². The molecule has 1 aliphatic rings. The molecule has 1 amide bonds. The minimum absolute atomic E-state index is 0.151. The highest BCUT2D eigenvalue weighted by Gasteiger charge is 2.29. The number of hydrogen-bond donors (Lipinski definition) is 1. The molecule has 0 unspecified atom stereocenters. The zero-order chi connectivity index (χ0) is 16.1. The molecule has 2 heterocycles. The topological polar surface area (TPSA) is 68.5 Å². The number of aromatic nitrogens is 2. The Bertz CT molecular complexity index is 700. The van der Waals surface area contributed by atoms with Crippen LogP contribution in [0, 0.1) is 0 Å². The van der Waals surface area contributed by atoms with Crippen LogP contribution >= 0.6 is 11.6 Å². The second kappa shape index (κ2) is 7.28. The monoisotopic (exact) mass is 332 g/mol. The van der Waals surface area contributed by atoms with Crippen molar-refractivity contribution in [2.75, 3.05) is 6.54 Å². The molecule has 23 heavy (non-hydrogen) atoms. The van der Waals surface area contributed by atoms with Crippen LogP contribution in [-0.2, 0) is 16.2 Å². The summed E-state index contributed by atoms with van der Waals surface area (Å²) in [7, 11) is 0. The lowest BCUT2D eigenvalue weighted by Gasteiger charge is -2.09. The van der Waals surface area contributed by atoms with Gasteiger partial charge in [0, 0.05) is 42.5 Å². The fourth-order valence-electron chi connectivity index (χ4n) is 2.38. The van der Waals surface area contributed by atoms with Crippen molar-refractivity contribution in [2.24, 2.45) is 5.16 Å². The van der Waals surface area contributed by atoms with Crippen molar-refractivity contribution in [3.05, 3.63) is 53.6 Å². The molecule has 1 aliphatic heterocycles. The maximum Gasteiger partial charge on any atom is 0.264 e. The summed E-state index contributed by atoms with van der Waals surface area (Å²) >= 11 is 6.14. The number of nitrogens with zero attached hydrogens (tertiary/aromatic N) is 3. The van der Waals surface area contributed by atoms with E-state index in [2.05, 4.69) is 15.5 Å². The third-order valence-corrected chi connectivity index (χ3v) is 3.93. The minimum Gasteiger partial charge on any atom is -0.382 e. The number of amides is 1. The van der Waals surface area contributed by atoms with Gasteiger partial charge in [0.2, 0.25) is 6.10 Å². The van der Waals surface area contributed by atoms with Crippen LogP contribution in [0.15, 0.2) is 48.1 Å². The summed E-state index contributed by atoms with van der Waals surface area (Å²) in [6.07, 6.45) is 6.05. The fraction of sp³-hybridized carbons (Fsp3) is 0.312. The zero-order valence-electron chi connectivity index (χ0n) is 12.5. The van der Waals surface area contributed by atoms with Crippen LogP contribution in [0.25, 0.3) is 0 Å². The molecule has 0 fully saturated rings. The van der Waals surface area contributed by atoms with Gasteiger partial charge in [-0.15, -0.1) is 0 Å². The Morgan fingerprint density at radius 2 is 2.30 bits per heavy atom. The standard InChI is InChI=1S/C16H17ClN4O2/c17-13-5-2-1-4-12(13)14-10-15(23-20-14)16(22)19-6-3-8-21-9-7-18-11-21/h1-2,4-5,7,9,11,15H,3,6,8,10H2,(H,19,22)/t15-/m0/s1. The first-order valence-corrected chi connectivity index (χ1v) is 7.83. The van der Waals surface area contributed by atoms with Crippen LogP contribution in [0.3, 0.4) is 0 Å². The molecule has 0 saturated carbocycles. The lowest BCUT2D eigenvalue weighted by molar-refractivity contribution is -0.131. The second-order valence-corrected chi connectivity index (χ2v) is 5.67. The molecule has 7 heteroatoms. The Labute approximate surface area is 139 Å². The summed E-state index contributed by atoms with van der Waals surface area (Å²) in [5, 5.41) is 7.47. The number of carbonyl (C=O) groups is 1. The predicted octanol–water partition coefficient (Wildman–Crippen LogP) is 2.24. The molecule has 0 radical (unpaired) electrons. The van der Waals surface area contributed by atoms with E-state index < -0.39 is 6.10 Å². The van der Waals surface area contributed by atoms with Gasteiger partial charge in [-0.2, -0.15) is 0 Å². The van der Waals surface area contributed by atoms with Crippen molar-refractivity contribution < 1.29 is 9.63 Å². The van der Waals surface area contributed by atoms with Crippen molar-refractivity contribution in [2.45, 2.75) is 25.5 Å². The summed E-state index contributed by atoms with van der Waals surface area (Å²) in [5.74, 6) is -0.151. The quantitative estimate of drug-likeness (QED) is 0.825. The first-order chi connectivity index (χ1) is 11.2. The van der Waals surface area contributed by atoms with Crippen molar-refractivity contribution in [1.29, 1.82) is 0 Å². The Morgan fingerprint density at radius 1 is 1.43 bits per heavy atom. The van der Waals surface area contributed by atoms with Crippen LogP contribution in [0.5, 0.6) is 0 Å². The normalized spacial score (nSPS) is 16.7. The SMILES string of the molecule is O=C(NCCCn1ccnc1)[C@@H]1CC(c2ccccc2Cl)=NO1. The van der Waals surface area contributed by atoms with Gasteiger partial charge in [-0.05, 0) is 12.5 Å². The highest BCUT2D eigenvalue weighted by molar-refractivity contribution is 6.34. The Kier molecular flexibility index (Phi) is 4.92. The van der Waals surface area contributed by atoms with Crippen LogP contribution in [0.1, 0.15) is 18.4 Å². The van der Waals surface area contributed by atoms with E-state index in [1.54, 1.807) is 18.6 Å². The minimum atomic E-state index is -0.588. The number of benzene rings is 1. The molecule has 1 N–H and O–H groups in total. The first-order valence-electron chi connectivity index (χ1n) is 7.45. The van der Waals surface area contributed by atoms with E-state index in [9.17, 15) is 4.79 Å². The van der Waals surface area contributed by atoms with Crippen molar-refractivity contribution in [3.63, 3.8) is 0 Å². The van der Waals surface area contributed by atoms with Crippen LogP contribution < -0.4 is 5.32 Å². The molecule has 0 spiro atoms. The molecule has 1 atom stereocenters. The summed E-state index contributed by atoms with van der Waals surface area (Å²) in [5.41, 5.74) is 1.51. The maximum absolute atomic E-state index is 12.1. The third-order valence-electron chi connectivity index (χ3n) is 3.60. The van der Waals surface area contributed by atoms with E-state index in [-0.39, 0.29) is 5.91 Å². The number of hydrogen-bond acceptors (Lipinski definition) is 4. The first kappa shape index (κ1) is 15.6. The molecule has 0 saturated heterocycles. The van der Waals surface area contributed by atoms with Crippen molar-refractivity contribution in [3.8, 4) is 0 Å². The van der Waals surface area contributed by atoms with Gasteiger partial charge in [0.25, 0.3) is 5.91 Å². The highest BCUT2D eigenvalue weighted by atomic mass is 35.5. The second-order valence-electron chi connectivity index (χ2n) is 5.26. The van der Waals surface area contributed by atoms with Crippen LogP contribution in [0.4, 0.5) is 0 Å². The number of rotatable bonds is 6. The molecular formula is C16H17ClN4O2. The lowest BCUT2D eigenvalue weighted by Crippen LogP contribution is -2.35. The number of imidazole rings is 1. The lowest BCUT2D eigenvalue weighted by atomic mass is 10.0. The van der Waals surface area contributed by atoms with Gasteiger partial charge >= 0.3 is 0 Å². The molecule has 120 valence electrons.